The molecule has 23 heavy (non-hydrogen) atoms. The van der Waals surface area contributed by atoms with Gasteiger partial charge in [0.05, 0.1) is 12.4 Å². The Hall–Kier alpha value is -1.34. The summed E-state index contributed by atoms with van der Waals surface area (Å²) in [4.78, 5) is 12.9. The molecule has 2 rings (SSSR count). The lowest BCUT2D eigenvalue weighted by atomic mass is 10.2. The van der Waals surface area contributed by atoms with Crippen LogP contribution in [-0.2, 0) is 22.5 Å². The molecule has 0 bridgehead atoms. The molecule has 0 fully saturated rings. The van der Waals surface area contributed by atoms with Crippen LogP contribution in [0.15, 0.2) is 16.6 Å². The molecule has 0 aromatic carbocycles. The van der Waals surface area contributed by atoms with Gasteiger partial charge < -0.3 is 9.30 Å². The average molecular weight is 354 g/mol. The summed E-state index contributed by atoms with van der Waals surface area (Å²) in [6.07, 6.45) is 3.23. The van der Waals surface area contributed by atoms with Gasteiger partial charge in [0.1, 0.15) is 0 Å². The maximum Gasteiger partial charge on any atom is 0.316 e. The van der Waals surface area contributed by atoms with Crippen molar-refractivity contribution in [2.75, 3.05) is 12.4 Å². The molecule has 2 aromatic heterocycles. The maximum atomic E-state index is 11.5. The van der Waals surface area contributed by atoms with Crippen molar-refractivity contribution >= 4 is 29.1 Å². The van der Waals surface area contributed by atoms with E-state index in [1.54, 1.807) is 11.3 Å². The van der Waals surface area contributed by atoms with Gasteiger partial charge in [-0.25, -0.2) is 0 Å². The van der Waals surface area contributed by atoms with E-state index in [9.17, 15) is 4.79 Å². The minimum absolute atomic E-state index is 0.217. The quantitative estimate of drug-likeness (QED) is 0.503. The zero-order valence-electron chi connectivity index (χ0n) is 13.9. The molecule has 2 heterocycles. The van der Waals surface area contributed by atoms with Crippen LogP contribution in [0.25, 0.3) is 11.4 Å². The SMILES string of the molecule is CCCc1cc(-c2nnc(SCC(=O)OCC)n2CCC)cs1. The van der Waals surface area contributed by atoms with Crippen molar-refractivity contribution in [3.05, 3.63) is 16.3 Å². The summed E-state index contributed by atoms with van der Waals surface area (Å²) >= 11 is 3.15. The highest BCUT2D eigenvalue weighted by Gasteiger charge is 2.16. The summed E-state index contributed by atoms with van der Waals surface area (Å²) in [5, 5.41) is 11.5. The normalized spacial score (nSPS) is 10.9. The van der Waals surface area contributed by atoms with Gasteiger partial charge in [-0.15, -0.1) is 21.5 Å². The molecule has 7 heteroatoms. The van der Waals surface area contributed by atoms with E-state index in [2.05, 4.69) is 40.1 Å². The maximum absolute atomic E-state index is 11.5. The van der Waals surface area contributed by atoms with Crippen molar-refractivity contribution in [1.82, 2.24) is 14.8 Å². The van der Waals surface area contributed by atoms with Crippen LogP contribution in [0.2, 0.25) is 0 Å². The minimum atomic E-state index is -0.217. The topological polar surface area (TPSA) is 57.0 Å². The fourth-order valence-corrected chi connectivity index (χ4v) is 3.97. The lowest BCUT2D eigenvalue weighted by molar-refractivity contribution is -0.139. The minimum Gasteiger partial charge on any atom is -0.465 e. The zero-order valence-corrected chi connectivity index (χ0v) is 15.5. The van der Waals surface area contributed by atoms with E-state index < -0.39 is 0 Å². The molecule has 2 aromatic rings. The highest BCUT2D eigenvalue weighted by atomic mass is 32.2. The van der Waals surface area contributed by atoms with Crippen LogP contribution in [0.1, 0.15) is 38.5 Å². The third kappa shape index (κ3) is 4.81. The molecule has 5 nitrogen and oxygen atoms in total. The van der Waals surface area contributed by atoms with Crippen LogP contribution in [0.5, 0.6) is 0 Å². The summed E-state index contributed by atoms with van der Waals surface area (Å²) < 4.78 is 7.07. The lowest BCUT2D eigenvalue weighted by Gasteiger charge is -2.07. The summed E-state index contributed by atoms with van der Waals surface area (Å²) in [6.45, 7) is 7.36. The molecule has 0 aliphatic carbocycles. The van der Waals surface area contributed by atoms with E-state index in [4.69, 9.17) is 4.74 Å². The van der Waals surface area contributed by atoms with Gasteiger partial charge in [0, 0.05) is 22.4 Å². The second-order valence-electron chi connectivity index (χ2n) is 5.10. The number of rotatable bonds is 9. The van der Waals surface area contributed by atoms with Crippen LogP contribution in [0, 0.1) is 0 Å². The number of ether oxygens (including phenoxy) is 1. The fourth-order valence-electron chi connectivity index (χ4n) is 2.24. The van der Waals surface area contributed by atoms with Crippen LogP contribution >= 0.6 is 23.1 Å². The van der Waals surface area contributed by atoms with Crippen molar-refractivity contribution in [3.8, 4) is 11.4 Å². The van der Waals surface area contributed by atoms with Crippen LogP contribution < -0.4 is 0 Å². The van der Waals surface area contributed by atoms with Crippen molar-refractivity contribution < 1.29 is 9.53 Å². The third-order valence-electron chi connectivity index (χ3n) is 3.20. The Morgan fingerprint density at radius 1 is 1.30 bits per heavy atom. The summed E-state index contributed by atoms with van der Waals surface area (Å²) in [6, 6.07) is 2.20. The van der Waals surface area contributed by atoms with Gasteiger partial charge in [0.15, 0.2) is 11.0 Å². The van der Waals surface area contributed by atoms with Gasteiger partial charge in [-0.05, 0) is 25.8 Å². The van der Waals surface area contributed by atoms with Gasteiger partial charge in [-0.3, -0.25) is 4.79 Å². The van der Waals surface area contributed by atoms with Crippen molar-refractivity contribution in [2.24, 2.45) is 0 Å². The van der Waals surface area contributed by atoms with Crippen molar-refractivity contribution in [2.45, 2.75) is 51.7 Å². The van der Waals surface area contributed by atoms with Crippen LogP contribution in [0.3, 0.4) is 0 Å². The number of thiophene rings is 1. The number of hydrogen-bond donors (Lipinski definition) is 0. The second-order valence-corrected chi connectivity index (χ2v) is 7.04. The van der Waals surface area contributed by atoms with Crippen LogP contribution in [-0.4, -0.2) is 33.1 Å². The van der Waals surface area contributed by atoms with Crippen molar-refractivity contribution in [3.63, 3.8) is 0 Å². The molecule has 0 unspecified atom stereocenters. The van der Waals surface area contributed by atoms with E-state index in [0.717, 1.165) is 42.4 Å². The first-order chi connectivity index (χ1) is 11.2. The molecule has 0 N–H and O–H groups in total. The Balaban J connectivity index is 2.17. The number of esters is 1. The number of carbonyl (C=O) groups is 1. The largest absolute Gasteiger partial charge is 0.465 e. The third-order valence-corrected chi connectivity index (χ3v) is 5.13. The lowest BCUT2D eigenvalue weighted by Crippen LogP contribution is -2.08. The molecule has 0 saturated carbocycles. The molecule has 0 atom stereocenters. The van der Waals surface area contributed by atoms with E-state index in [-0.39, 0.29) is 11.7 Å². The molecular formula is C16H23N3O2S2. The first-order valence-corrected chi connectivity index (χ1v) is 9.85. The molecule has 0 radical (unpaired) electrons. The highest BCUT2D eigenvalue weighted by Crippen LogP contribution is 2.28. The predicted molar refractivity (Wildman–Crippen MR) is 95.0 cm³/mol. The standard InChI is InChI=1S/C16H23N3O2S2/c1-4-7-13-9-12(10-22-13)15-17-18-16(19(15)8-5-2)23-11-14(20)21-6-3/h9-10H,4-8,11H2,1-3H3. The molecule has 0 amide bonds. The van der Waals surface area contributed by atoms with Gasteiger partial charge in [-0.1, -0.05) is 32.0 Å². The van der Waals surface area contributed by atoms with E-state index in [0.29, 0.717) is 6.61 Å². The Kier molecular flexibility index (Phi) is 7.11. The molecular weight excluding hydrogens is 330 g/mol. The summed E-state index contributed by atoms with van der Waals surface area (Å²) in [5.74, 6) is 0.933. The number of nitrogens with zero attached hydrogens (tertiary/aromatic N) is 3. The van der Waals surface area contributed by atoms with Gasteiger partial charge in [-0.2, -0.15) is 0 Å². The van der Waals surface area contributed by atoms with Crippen molar-refractivity contribution in [1.29, 1.82) is 0 Å². The molecule has 0 saturated heterocycles. The second kappa shape index (κ2) is 9.08. The Bertz CT molecular complexity index is 637. The molecule has 126 valence electrons. The number of thioether (sulfide) groups is 1. The Morgan fingerprint density at radius 2 is 2.13 bits per heavy atom. The molecule has 0 aliphatic rings. The van der Waals surface area contributed by atoms with E-state index in [1.807, 2.05) is 6.92 Å². The highest BCUT2D eigenvalue weighted by molar-refractivity contribution is 7.99. The fraction of sp³-hybridized carbons (Fsp3) is 0.562. The Labute approximate surface area is 145 Å². The van der Waals surface area contributed by atoms with E-state index in [1.165, 1.54) is 16.6 Å². The monoisotopic (exact) mass is 353 g/mol. The van der Waals surface area contributed by atoms with E-state index >= 15 is 0 Å². The first kappa shape index (κ1) is 18.0. The average Bonchev–Trinajstić information content (AvgIpc) is 3.13. The summed E-state index contributed by atoms with van der Waals surface area (Å²) in [5.41, 5.74) is 1.11. The van der Waals surface area contributed by atoms with Gasteiger partial charge >= 0.3 is 5.97 Å². The number of hydrogen-bond acceptors (Lipinski definition) is 6. The molecule has 0 spiro atoms. The molecule has 0 aliphatic heterocycles. The smallest absolute Gasteiger partial charge is 0.316 e. The number of carbonyl (C=O) groups excluding carboxylic acids is 1. The van der Waals surface area contributed by atoms with Crippen LogP contribution in [0.4, 0.5) is 0 Å². The predicted octanol–water partition coefficient (Wildman–Crippen LogP) is 4.02. The Morgan fingerprint density at radius 3 is 2.83 bits per heavy atom. The number of aryl methyl sites for hydroxylation is 1. The zero-order chi connectivity index (χ0) is 16.7. The van der Waals surface area contributed by atoms with Gasteiger partial charge in [0.2, 0.25) is 0 Å². The number of aromatic nitrogens is 3. The summed E-state index contributed by atoms with van der Waals surface area (Å²) in [7, 11) is 0. The van der Waals surface area contributed by atoms with Gasteiger partial charge in [0.25, 0.3) is 0 Å². The first-order valence-electron chi connectivity index (χ1n) is 7.98.